The van der Waals surface area contributed by atoms with Crippen molar-refractivity contribution in [2.45, 2.75) is 20.4 Å². The van der Waals surface area contributed by atoms with Gasteiger partial charge in [0.1, 0.15) is 5.75 Å². The molecular weight excluding hydrogens is 312 g/mol. The highest BCUT2D eigenvalue weighted by molar-refractivity contribution is 7.20. The average Bonchev–Trinajstić information content (AvgIpc) is 2.92. The Morgan fingerprint density at radius 3 is 2.83 bits per heavy atom. The molecule has 0 spiro atoms. The van der Waals surface area contributed by atoms with E-state index in [1.807, 2.05) is 37.9 Å². The van der Waals surface area contributed by atoms with Gasteiger partial charge in [-0.25, -0.2) is 4.98 Å². The largest absolute Gasteiger partial charge is 0.496 e. The first kappa shape index (κ1) is 15.5. The molecule has 0 aliphatic rings. The third-order valence-corrected chi connectivity index (χ3v) is 4.56. The minimum absolute atomic E-state index is 0.156. The Morgan fingerprint density at radius 1 is 1.30 bits per heavy atom. The molecule has 0 unspecified atom stereocenters. The number of ether oxygens (including phenoxy) is 1. The SMILES string of the molecule is COc1ccc(C)cc1CN(C)c1nn2c(=O)cc(C)nc2s1. The van der Waals surface area contributed by atoms with E-state index >= 15 is 0 Å². The van der Waals surface area contributed by atoms with E-state index in [-0.39, 0.29) is 5.56 Å². The molecule has 3 aromatic rings. The average molecular weight is 330 g/mol. The highest BCUT2D eigenvalue weighted by Gasteiger charge is 2.13. The highest BCUT2D eigenvalue weighted by Crippen LogP contribution is 2.26. The first-order valence-corrected chi connectivity index (χ1v) is 8.02. The molecule has 0 N–H and O–H groups in total. The normalized spacial score (nSPS) is 11.0. The summed E-state index contributed by atoms with van der Waals surface area (Å²) in [7, 11) is 3.61. The number of benzene rings is 1. The number of anilines is 1. The topological polar surface area (TPSA) is 59.7 Å². The lowest BCUT2D eigenvalue weighted by Crippen LogP contribution is -2.19. The lowest BCUT2D eigenvalue weighted by Gasteiger charge is -2.17. The number of nitrogens with zero attached hydrogens (tertiary/aromatic N) is 4. The second kappa shape index (κ2) is 6.00. The zero-order valence-corrected chi connectivity index (χ0v) is 14.3. The summed E-state index contributed by atoms with van der Waals surface area (Å²) in [5, 5.41) is 5.11. The van der Waals surface area contributed by atoms with Gasteiger partial charge >= 0.3 is 0 Å². The van der Waals surface area contributed by atoms with Crippen molar-refractivity contribution in [3.05, 3.63) is 51.4 Å². The van der Waals surface area contributed by atoms with E-state index in [9.17, 15) is 4.79 Å². The van der Waals surface area contributed by atoms with Gasteiger partial charge < -0.3 is 9.64 Å². The Labute approximate surface area is 138 Å². The van der Waals surface area contributed by atoms with Crippen LogP contribution in [-0.4, -0.2) is 28.8 Å². The van der Waals surface area contributed by atoms with E-state index in [0.717, 1.165) is 16.4 Å². The van der Waals surface area contributed by atoms with Crippen molar-refractivity contribution in [2.24, 2.45) is 0 Å². The molecule has 0 saturated carbocycles. The van der Waals surface area contributed by atoms with Gasteiger partial charge in [0.15, 0.2) is 0 Å². The maximum absolute atomic E-state index is 12.0. The molecule has 0 amide bonds. The zero-order chi connectivity index (χ0) is 16.6. The van der Waals surface area contributed by atoms with Gasteiger partial charge in [-0.15, -0.1) is 5.10 Å². The molecule has 2 heterocycles. The minimum atomic E-state index is -0.156. The van der Waals surface area contributed by atoms with Gasteiger partial charge in [-0.1, -0.05) is 29.0 Å². The Bertz CT molecular complexity index is 916. The molecule has 0 fully saturated rings. The molecule has 0 bridgehead atoms. The van der Waals surface area contributed by atoms with E-state index in [0.29, 0.717) is 17.2 Å². The number of methoxy groups -OCH3 is 1. The number of hydrogen-bond donors (Lipinski definition) is 0. The van der Waals surface area contributed by atoms with Crippen LogP contribution < -0.4 is 15.2 Å². The van der Waals surface area contributed by atoms with Crippen LogP contribution in [-0.2, 0) is 6.54 Å². The molecule has 0 atom stereocenters. The highest BCUT2D eigenvalue weighted by atomic mass is 32.1. The van der Waals surface area contributed by atoms with Crippen molar-refractivity contribution >= 4 is 21.4 Å². The lowest BCUT2D eigenvalue weighted by atomic mass is 10.1. The molecule has 120 valence electrons. The molecule has 7 heteroatoms. The molecule has 0 radical (unpaired) electrons. The van der Waals surface area contributed by atoms with Crippen LogP contribution in [0.5, 0.6) is 5.75 Å². The van der Waals surface area contributed by atoms with Crippen LogP contribution in [0.1, 0.15) is 16.8 Å². The Balaban J connectivity index is 1.95. The number of aromatic nitrogens is 3. The number of aryl methyl sites for hydroxylation is 2. The molecule has 23 heavy (non-hydrogen) atoms. The Kier molecular flexibility index (Phi) is 4.04. The second-order valence-corrected chi connectivity index (χ2v) is 6.42. The van der Waals surface area contributed by atoms with Crippen molar-refractivity contribution in [3.8, 4) is 5.75 Å². The molecule has 0 aliphatic heterocycles. The summed E-state index contributed by atoms with van der Waals surface area (Å²) in [4.78, 5) is 18.9. The predicted octanol–water partition coefficient (Wildman–Crippen LogP) is 2.41. The number of fused-ring (bicyclic) bond motifs is 1. The monoisotopic (exact) mass is 330 g/mol. The van der Waals surface area contributed by atoms with Crippen molar-refractivity contribution in [1.82, 2.24) is 14.6 Å². The smallest absolute Gasteiger partial charge is 0.275 e. The summed E-state index contributed by atoms with van der Waals surface area (Å²) < 4.78 is 6.76. The van der Waals surface area contributed by atoms with E-state index in [1.54, 1.807) is 7.11 Å². The van der Waals surface area contributed by atoms with Crippen LogP contribution in [0.25, 0.3) is 4.96 Å². The third kappa shape index (κ3) is 3.05. The summed E-state index contributed by atoms with van der Waals surface area (Å²) >= 11 is 1.40. The van der Waals surface area contributed by atoms with Gasteiger partial charge in [-0.2, -0.15) is 4.52 Å². The first-order valence-electron chi connectivity index (χ1n) is 7.20. The Morgan fingerprint density at radius 2 is 2.09 bits per heavy atom. The number of rotatable bonds is 4. The summed E-state index contributed by atoms with van der Waals surface area (Å²) in [5.74, 6) is 0.842. The fourth-order valence-corrected chi connectivity index (χ4v) is 3.33. The maximum Gasteiger partial charge on any atom is 0.275 e. The standard InChI is InChI=1S/C16H18N4O2S/c1-10-5-6-13(22-4)12(7-10)9-19(3)16-18-20-14(21)8-11(2)17-15(20)23-16/h5-8H,9H2,1-4H3. The summed E-state index contributed by atoms with van der Waals surface area (Å²) in [6, 6.07) is 7.57. The summed E-state index contributed by atoms with van der Waals surface area (Å²) in [6.45, 7) is 4.49. The van der Waals surface area contributed by atoms with Crippen LogP contribution in [0.4, 0.5) is 5.13 Å². The fraction of sp³-hybridized carbons (Fsp3) is 0.312. The van der Waals surface area contributed by atoms with Crippen molar-refractivity contribution in [3.63, 3.8) is 0 Å². The predicted molar refractivity (Wildman–Crippen MR) is 91.7 cm³/mol. The first-order chi connectivity index (χ1) is 11.0. The van der Waals surface area contributed by atoms with E-state index in [2.05, 4.69) is 16.1 Å². The molecular formula is C16H18N4O2S. The van der Waals surface area contributed by atoms with Gasteiger partial charge in [0.2, 0.25) is 10.1 Å². The van der Waals surface area contributed by atoms with E-state index in [4.69, 9.17) is 4.74 Å². The van der Waals surface area contributed by atoms with Crippen LogP contribution in [0.15, 0.2) is 29.1 Å². The summed E-state index contributed by atoms with van der Waals surface area (Å²) in [5.41, 5.74) is 2.79. The van der Waals surface area contributed by atoms with Crippen molar-refractivity contribution < 1.29 is 4.74 Å². The number of hydrogen-bond acceptors (Lipinski definition) is 6. The van der Waals surface area contributed by atoms with Gasteiger partial charge in [0, 0.05) is 30.9 Å². The van der Waals surface area contributed by atoms with Crippen LogP contribution >= 0.6 is 11.3 Å². The Hall–Kier alpha value is -2.41. The molecule has 1 aromatic carbocycles. The van der Waals surface area contributed by atoms with Gasteiger partial charge in [0.05, 0.1) is 7.11 Å². The molecule has 0 saturated heterocycles. The van der Waals surface area contributed by atoms with E-state index in [1.165, 1.54) is 27.5 Å². The quantitative estimate of drug-likeness (QED) is 0.735. The molecule has 3 rings (SSSR count). The van der Waals surface area contributed by atoms with Gasteiger partial charge in [0.25, 0.3) is 5.56 Å². The molecule has 2 aromatic heterocycles. The molecule has 0 aliphatic carbocycles. The van der Waals surface area contributed by atoms with E-state index < -0.39 is 0 Å². The summed E-state index contributed by atoms with van der Waals surface area (Å²) in [6.07, 6.45) is 0. The molecule has 6 nitrogen and oxygen atoms in total. The van der Waals surface area contributed by atoms with Crippen LogP contribution in [0, 0.1) is 13.8 Å². The lowest BCUT2D eigenvalue weighted by molar-refractivity contribution is 0.409. The van der Waals surface area contributed by atoms with Gasteiger partial charge in [-0.3, -0.25) is 4.79 Å². The minimum Gasteiger partial charge on any atom is -0.496 e. The van der Waals surface area contributed by atoms with Crippen molar-refractivity contribution in [2.75, 3.05) is 19.1 Å². The fourth-order valence-electron chi connectivity index (χ4n) is 2.42. The van der Waals surface area contributed by atoms with Crippen molar-refractivity contribution in [1.29, 1.82) is 0 Å². The second-order valence-electron chi connectivity index (χ2n) is 5.49. The third-order valence-electron chi connectivity index (χ3n) is 3.53. The maximum atomic E-state index is 12.0. The van der Waals surface area contributed by atoms with Crippen LogP contribution in [0.2, 0.25) is 0 Å². The van der Waals surface area contributed by atoms with Gasteiger partial charge in [-0.05, 0) is 19.9 Å². The van der Waals surface area contributed by atoms with Crippen LogP contribution in [0.3, 0.4) is 0 Å². The zero-order valence-electron chi connectivity index (χ0n) is 13.5.